The zero-order valence-corrected chi connectivity index (χ0v) is 17.6. The normalized spacial score (nSPS) is 11.6. The van der Waals surface area contributed by atoms with Gasteiger partial charge in [-0.2, -0.15) is 0 Å². The van der Waals surface area contributed by atoms with Crippen LogP contribution in [0.3, 0.4) is 0 Å². The van der Waals surface area contributed by atoms with Crippen LogP contribution in [0.2, 0.25) is 0 Å². The van der Waals surface area contributed by atoms with Gasteiger partial charge in [0.05, 0.1) is 0 Å². The van der Waals surface area contributed by atoms with Crippen molar-refractivity contribution in [2.75, 3.05) is 5.32 Å². The number of ketones is 1. The van der Waals surface area contributed by atoms with E-state index in [9.17, 15) is 9.59 Å². The van der Waals surface area contributed by atoms with Crippen LogP contribution >= 0.6 is 11.8 Å². The molecule has 0 fully saturated rings. The Labute approximate surface area is 184 Å². The number of para-hydroxylation sites is 1. The molecule has 1 N–H and O–H groups in total. The zero-order valence-electron chi connectivity index (χ0n) is 16.8. The van der Waals surface area contributed by atoms with Gasteiger partial charge in [-0.3, -0.25) is 14.2 Å². The van der Waals surface area contributed by atoms with Crippen LogP contribution in [-0.4, -0.2) is 26.5 Å². The highest BCUT2D eigenvalue weighted by Gasteiger charge is 2.25. The number of benzene rings is 3. The second-order valence-corrected chi connectivity index (χ2v) is 7.93. The number of hydrogen-bond donors (Lipinski definition) is 1. The summed E-state index contributed by atoms with van der Waals surface area (Å²) in [5.74, 6) is -0.263. The fourth-order valence-corrected chi connectivity index (χ4v) is 4.13. The smallest absolute Gasteiger partial charge is 0.242 e. The van der Waals surface area contributed by atoms with Gasteiger partial charge in [-0.15, -0.1) is 10.2 Å². The van der Waals surface area contributed by atoms with E-state index >= 15 is 0 Å². The minimum Gasteiger partial charge on any atom is -0.325 e. The second kappa shape index (κ2) is 9.40. The molecule has 0 saturated heterocycles. The van der Waals surface area contributed by atoms with Crippen LogP contribution in [0.1, 0.15) is 28.1 Å². The fraction of sp³-hybridized carbons (Fsp3) is 0.0833. The van der Waals surface area contributed by atoms with E-state index in [-0.39, 0.29) is 11.7 Å². The minimum absolute atomic E-state index is 0.0546. The minimum atomic E-state index is -0.561. The molecule has 1 heterocycles. The lowest BCUT2D eigenvalue weighted by molar-refractivity contribution is -0.115. The molecule has 0 bridgehead atoms. The number of amides is 1. The van der Waals surface area contributed by atoms with E-state index in [0.29, 0.717) is 16.4 Å². The van der Waals surface area contributed by atoms with Gasteiger partial charge >= 0.3 is 0 Å². The Morgan fingerprint density at radius 1 is 0.935 bits per heavy atom. The fourth-order valence-electron chi connectivity index (χ4n) is 3.10. The highest BCUT2D eigenvalue weighted by molar-refractivity contribution is 8.00. The first kappa shape index (κ1) is 20.6. The number of thioether (sulfide) groups is 1. The predicted molar refractivity (Wildman–Crippen MR) is 121 cm³/mol. The molecule has 7 heteroatoms. The Hall–Kier alpha value is -3.71. The molecule has 154 valence electrons. The zero-order chi connectivity index (χ0) is 21.6. The average molecular weight is 429 g/mol. The lowest BCUT2D eigenvalue weighted by Crippen LogP contribution is -2.19. The first-order chi connectivity index (χ1) is 15.1. The summed E-state index contributed by atoms with van der Waals surface area (Å²) in [7, 11) is 0. The Morgan fingerprint density at radius 3 is 2.35 bits per heavy atom. The molecule has 1 atom stereocenters. The van der Waals surface area contributed by atoms with Gasteiger partial charge in [-0.05, 0) is 36.8 Å². The summed E-state index contributed by atoms with van der Waals surface area (Å²) in [4.78, 5) is 25.0. The number of nitrogens with one attached hydrogen (secondary N) is 1. The van der Waals surface area contributed by atoms with Crippen LogP contribution in [-0.2, 0) is 4.79 Å². The van der Waals surface area contributed by atoms with Gasteiger partial charge in [-0.25, -0.2) is 0 Å². The molecule has 0 unspecified atom stereocenters. The van der Waals surface area contributed by atoms with Gasteiger partial charge in [0.25, 0.3) is 0 Å². The van der Waals surface area contributed by atoms with Crippen molar-refractivity contribution < 1.29 is 9.59 Å². The molecular weight excluding hydrogens is 408 g/mol. The average Bonchev–Trinajstić information content (AvgIpc) is 3.27. The van der Waals surface area contributed by atoms with Crippen molar-refractivity contribution in [2.24, 2.45) is 0 Å². The van der Waals surface area contributed by atoms with Crippen LogP contribution in [0.4, 0.5) is 5.69 Å². The van der Waals surface area contributed by atoms with Crippen molar-refractivity contribution in [3.63, 3.8) is 0 Å². The molecule has 1 aromatic heterocycles. The number of hydrogen-bond acceptors (Lipinski definition) is 5. The van der Waals surface area contributed by atoms with Gasteiger partial charge in [0, 0.05) is 16.9 Å². The summed E-state index contributed by atoms with van der Waals surface area (Å²) >= 11 is 1.32. The van der Waals surface area contributed by atoms with Crippen LogP contribution in [0.15, 0.2) is 96.4 Å². The topological polar surface area (TPSA) is 76.9 Å². The molecule has 0 radical (unpaired) electrons. The third-order valence-corrected chi connectivity index (χ3v) is 5.86. The summed E-state index contributed by atoms with van der Waals surface area (Å²) < 4.78 is 1.85. The molecule has 4 aromatic rings. The number of rotatable bonds is 7. The van der Waals surface area contributed by atoms with Gasteiger partial charge in [0.1, 0.15) is 11.6 Å². The number of nitrogens with zero attached hydrogens (tertiary/aromatic N) is 3. The van der Waals surface area contributed by atoms with E-state index in [1.807, 2.05) is 65.2 Å². The second-order valence-electron chi connectivity index (χ2n) is 6.85. The number of Topliss-reactive ketones (excluding diaryl/α,β-unsaturated/α-hetero) is 1. The molecule has 0 aliphatic rings. The van der Waals surface area contributed by atoms with Crippen molar-refractivity contribution in [1.82, 2.24) is 14.8 Å². The Balaban J connectivity index is 1.64. The third kappa shape index (κ3) is 4.90. The van der Waals surface area contributed by atoms with E-state index in [2.05, 4.69) is 15.5 Å². The predicted octanol–water partition coefficient (Wildman–Crippen LogP) is 4.94. The molecule has 0 spiro atoms. The van der Waals surface area contributed by atoms with E-state index in [1.54, 1.807) is 30.6 Å². The monoisotopic (exact) mass is 428 g/mol. The van der Waals surface area contributed by atoms with Crippen molar-refractivity contribution in [2.45, 2.75) is 17.3 Å². The van der Waals surface area contributed by atoms with E-state index in [0.717, 1.165) is 11.3 Å². The lowest BCUT2D eigenvalue weighted by atomic mass is 10.1. The highest BCUT2D eigenvalue weighted by Crippen LogP contribution is 2.36. The number of carbonyl (C=O) groups is 2. The standard InChI is InChI=1S/C24H20N4O2S/c1-17(29)19-11-8-12-20(15-19)26-23(30)22(18-9-4-2-5-10-18)31-24-27-25-16-28(24)21-13-6-3-7-14-21/h2-16,22H,1H3,(H,26,30)/t22-/m1/s1. The molecular formula is C24H20N4O2S. The quantitative estimate of drug-likeness (QED) is 0.333. The maximum Gasteiger partial charge on any atom is 0.242 e. The summed E-state index contributed by atoms with van der Waals surface area (Å²) in [6.07, 6.45) is 1.63. The lowest BCUT2D eigenvalue weighted by Gasteiger charge is -2.17. The molecule has 0 aliphatic heterocycles. The van der Waals surface area contributed by atoms with Crippen molar-refractivity contribution >= 4 is 29.1 Å². The van der Waals surface area contributed by atoms with Crippen molar-refractivity contribution in [1.29, 1.82) is 0 Å². The summed E-state index contributed by atoms with van der Waals surface area (Å²) in [6, 6.07) is 26.2. The van der Waals surface area contributed by atoms with E-state index in [4.69, 9.17) is 0 Å². The van der Waals surface area contributed by atoms with Gasteiger partial charge in [-0.1, -0.05) is 72.4 Å². The molecule has 31 heavy (non-hydrogen) atoms. The highest BCUT2D eigenvalue weighted by atomic mass is 32.2. The summed E-state index contributed by atoms with van der Waals surface area (Å²) in [5, 5.41) is 11.3. The Kier molecular flexibility index (Phi) is 6.24. The van der Waals surface area contributed by atoms with E-state index < -0.39 is 5.25 Å². The van der Waals surface area contributed by atoms with E-state index in [1.165, 1.54) is 18.7 Å². The van der Waals surface area contributed by atoms with Crippen LogP contribution in [0, 0.1) is 0 Å². The number of anilines is 1. The Morgan fingerprint density at radius 2 is 1.65 bits per heavy atom. The van der Waals surface area contributed by atoms with Crippen molar-refractivity contribution in [3.8, 4) is 5.69 Å². The van der Waals surface area contributed by atoms with Crippen LogP contribution in [0.5, 0.6) is 0 Å². The molecule has 0 aliphatic carbocycles. The molecule has 3 aromatic carbocycles. The molecule has 0 saturated carbocycles. The summed E-state index contributed by atoms with van der Waals surface area (Å²) in [6.45, 7) is 1.50. The summed E-state index contributed by atoms with van der Waals surface area (Å²) in [5.41, 5.74) is 2.88. The van der Waals surface area contributed by atoms with Crippen LogP contribution < -0.4 is 5.32 Å². The largest absolute Gasteiger partial charge is 0.325 e. The maximum absolute atomic E-state index is 13.3. The molecule has 6 nitrogen and oxygen atoms in total. The first-order valence-corrected chi connectivity index (χ1v) is 10.6. The van der Waals surface area contributed by atoms with Gasteiger partial charge in [0.2, 0.25) is 5.91 Å². The van der Waals surface area contributed by atoms with Gasteiger partial charge < -0.3 is 5.32 Å². The maximum atomic E-state index is 13.3. The SMILES string of the molecule is CC(=O)c1cccc(NC(=O)[C@H](Sc2nncn2-c2ccccc2)c2ccccc2)c1. The van der Waals surface area contributed by atoms with Gasteiger partial charge in [0.15, 0.2) is 10.9 Å². The number of carbonyl (C=O) groups excluding carboxylic acids is 2. The van der Waals surface area contributed by atoms with Crippen LogP contribution in [0.25, 0.3) is 5.69 Å². The number of aromatic nitrogens is 3. The molecule has 4 rings (SSSR count). The third-order valence-electron chi connectivity index (χ3n) is 4.65. The van der Waals surface area contributed by atoms with Crippen molar-refractivity contribution in [3.05, 3.63) is 102 Å². The first-order valence-electron chi connectivity index (χ1n) is 9.71. The Bertz CT molecular complexity index is 1190. The molecule has 1 amide bonds.